The van der Waals surface area contributed by atoms with Gasteiger partial charge in [-0.1, -0.05) is 0 Å². The van der Waals surface area contributed by atoms with Crippen LogP contribution in [0.4, 0.5) is 0 Å². The van der Waals surface area contributed by atoms with Crippen LogP contribution in [0.25, 0.3) is 5.78 Å². The van der Waals surface area contributed by atoms with E-state index in [0.717, 1.165) is 30.8 Å². The Labute approximate surface area is 122 Å². The molecule has 1 atom stereocenters. The summed E-state index contributed by atoms with van der Waals surface area (Å²) in [5.74, 6) is 0.733. The summed E-state index contributed by atoms with van der Waals surface area (Å²) >= 11 is 0. The van der Waals surface area contributed by atoms with E-state index < -0.39 is 0 Å². The third-order valence-electron chi connectivity index (χ3n) is 3.63. The van der Waals surface area contributed by atoms with Gasteiger partial charge < -0.3 is 10.1 Å². The first-order valence-electron chi connectivity index (χ1n) is 7.20. The molecule has 112 valence electrons. The Morgan fingerprint density at radius 2 is 2.33 bits per heavy atom. The van der Waals surface area contributed by atoms with Crippen molar-refractivity contribution in [1.82, 2.24) is 24.9 Å². The lowest BCUT2D eigenvalue weighted by molar-refractivity contribution is 0.0535. The normalized spacial score (nSPS) is 18.9. The van der Waals surface area contributed by atoms with E-state index >= 15 is 0 Å². The fraction of sp³-hybridized carbons (Fsp3) is 0.571. The van der Waals surface area contributed by atoms with Gasteiger partial charge in [-0.25, -0.2) is 9.50 Å². The van der Waals surface area contributed by atoms with Gasteiger partial charge in [0.2, 0.25) is 5.82 Å². The van der Waals surface area contributed by atoms with Crippen molar-refractivity contribution in [3.63, 3.8) is 0 Å². The van der Waals surface area contributed by atoms with Crippen LogP contribution in [-0.2, 0) is 4.74 Å². The van der Waals surface area contributed by atoms with Gasteiger partial charge in [-0.3, -0.25) is 4.79 Å². The number of nitrogens with zero attached hydrogens (tertiary/aromatic N) is 4. The third kappa shape index (κ3) is 3.02. The number of hydrogen-bond donors (Lipinski definition) is 1. The van der Waals surface area contributed by atoms with Crippen LogP contribution in [0.15, 0.2) is 6.07 Å². The highest BCUT2D eigenvalue weighted by molar-refractivity contribution is 5.90. The fourth-order valence-corrected chi connectivity index (χ4v) is 2.55. The van der Waals surface area contributed by atoms with E-state index in [-0.39, 0.29) is 11.7 Å². The Morgan fingerprint density at radius 1 is 1.48 bits per heavy atom. The predicted molar refractivity (Wildman–Crippen MR) is 76.1 cm³/mol. The largest absolute Gasteiger partial charge is 0.381 e. The monoisotopic (exact) mass is 289 g/mol. The Balaban J connectivity index is 1.71. The molecule has 1 amide bonds. The molecule has 0 radical (unpaired) electrons. The first kappa shape index (κ1) is 13.9. The van der Waals surface area contributed by atoms with Crippen LogP contribution in [0, 0.1) is 19.8 Å². The second-order valence-electron chi connectivity index (χ2n) is 5.48. The Morgan fingerprint density at radius 3 is 3.10 bits per heavy atom. The fourth-order valence-electron chi connectivity index (χ4n) is 2.55. The maximum absolute atomic E-state index is 12.1. The summed E-state index contributed by atoms with van der Waals surface area (Å²) in [6.07, 6.45) is 2.13. The molecule has 3 rings (SSSR count). The van der Waals surface area contributed by atoms with Gasteiger partial charge in [0.15, 0.2) is 0 Å². The maximum atomic E-state index is 12.1. The minimum atomic E-state index is -0.261. The average Bonchev–Trinajstić information content (AvgIpc) is 2.90. The first-order valence-corrected chi connectivity index (χ1v) is 7.20. The molecule has 2 aromatic heterocycles. The lowest BCUT2D eigenvalue weighted by atomic mass is 10.0. The molecule has 1 aliphatic heterocycles. The first-order chi connectivity index (χ1) is 10.1. The van der Waals surface area contributed by atoms with Gasteiger partial charge in [-0.2, -0.15) is 4.98 Å². The summed E-state index contributed by atoms with van der Waals surface area (Å²) in [7, 11) is 0. The van der Waals surface area contributed by atoms with Crippen molar-refractivity contribution in [3.05, 3.63) is 23.3 Å². The standard InChI is InChI=1S/C14H19N5O2/c1-9-6-10(2)19-14(16-9)17-12(18-19)13(20)15-7-11-4-3-5-21-8-11/h6,11H,3-5,7-8H2,1-2H3,(H,15,20). The summed E-state index contributed by atoms with van der Waals surface area (Å²) in [6.45, 7) is 5.93. The van der Waals surface area contributed by atoms with Crippen molar-refractivity contribution in [1.29, 1.82) is 0 Å². The van der Waals surface area contributed by atoms with Crippen LogP contribution in [0.5, 0.6) is 0 Å². The van der Waals surface area contributed by atoms with Gasteiger partial charge >= 0.3 is 0 Å². The molecule has 0 aromatic carbocycles. The van der Waals surface area contributed by atoms with E-state index in [9.17, 15) is 4.79 Å². The van der Waals surface area contributed by atoms with Gasteiger partial charge in [0.25, 0.3) is 11.7 Å². The second kappa shape index (κ2) is 5.77. The molecule has 7 nitrogen and oxygen atoms in total. The number of hydrogen-bond acceptors (Lipinski definition) is 5. The van der Waals surface area contributed by atoms with E-state index in [2.05, 4.69) is 20.4 Å². The number of carbonyl (C=O) groups excluding carboxylic acids is 1. The van der Waals surface area contributed by atoms with Gasteiger partial charge in [0, 0.05) is 24.5 Å². The zero-order valence-electron chi connectivity index (χ0n) is 12.3. The second-order valence-corrected chi connectivity index (χ2v) is 5.48. The summed E-state index contributed by atoms with van der Waals surface area (Å²) in [5, 5.41) is 7.10. The highest BCUT2D eigenvalue weighted by Crippen LogP contribution is 2.12. The Hall–Kier alpha value is -2.02. The summed E-state index contributed by atoms with van der Waals surface area (Å²) in [6, 6.07) is 1.91. The van der Waals surface area contributed by atoms with E-state index in [1.807, 2.05) is 19.9 Å². The number of aryl methyl sites for hydroxylation is 2. The SMILES string of the molecule is Cc1cc(C)n2nc(C(=O)NCC3CCCOC3)nc2n1. The number of ether oxygens (including phenoxy) is 1. The van der Waals surface area contributed by atoms with Crippen molar-refractivity contribution in [3.8, 4) is 0 Å². The molecule has 7 heteroatoms. The molecule has 1 unspecified atom stereocenters. The van der Waals surface area contributed by atoms with Crippen LogP contribution in [-0.4, -0.2) is 45.2 Å². The Kier molecular flexibility index (Phi) is 3.83. The van der Waals surface area contributed by atoms with Crippen molar-refractivity contribution in [2.24, 2.45) is 5.92 Å². The predicted octanol–water partition coefficient (Wildman–Crippen LogP) is 0.898. The zero-order valence-corrected chi connectivity index (χ0v) is 12.3. The van der Waals surface area contributed by atoms with Crippen molar-refractivity contribution in [2.75, 3.05) is 19.8 Å². The molecule has 1 fully saturated rings. The molecule has 0 aliphatic carbocycles. The molecule has 0 saturated carbocycles. The maximum Gasteiger partial charge on any atom is 0.291 e. The van der Waals surface area contributed by atoms with E-state index in [4.69, 9.17) is 4.74 Å². The number of amides is 1. The molecule has 1 saturated heterocycles. The van der Waals surface area contributed by atoms with Gasteiger partial charge in [-0.05, 0) is 38.7 Å². The van der Waals surface area contributed by atoms with Crippen LogP contribution in [0.3, 0.4) is 0 Å². The topological polar surface area (TPSA) is 81.4 Å². The molecule has 0 bridgehead atoms. The zero-order chi connectivity index (χ0) is 14.8. The van der Waals surface area contributed by atoms with Gasteiger partial charge in [0.05, 0.1) is 6.61 Å². The third-order valence-corrected chi connectivity index (χ3v) is 3.63. The van der Waals surface area contributed by atoms with Crippen molar-refractivity contribution < 1.29 is 9.53 Å². The summed E-state index contributed by atoms with van der Waals surface area (Å²) < 4.78 is 6.99. The van der Waals surface area contributed by atoms with Crippen LogP contribution >= 0.6 is 0 Å². The molecule has 1 N–H and O–H groups in total. The lowest BCUT2D eigenvalue weighted by Crippen LogP contribution is -2.33. The van der Waals surface area contributed by atoms with Crippen LogP contribution < -0.4 is 5.32 Å². The van der Waals surface area contributed by atoms with E-state index in [0.29, 0.717) is 24.8 Å². The molecule has 0 spiro atoms. The number of fused-ring (bicyclic) bond motifs is 1. The van der Waals surface area contributed by atoms with Gasteiger partial charge in [0.1, 0.15) is 0 Å². The number of rotatable bonds is 3. The number of aromatic nitrogens is 4. The van der Waals surface area contributed by atoms with Crippen LogP contribution in [0.1, 0.15) is 34.8 Å². The highest BCUT2D eigenvalue weighted by atomic mass is 16.5. The molecular weight excluding hydrogens is 270 g/mol. The smallest absolute Gasteiger partial charge is 0.291 e. The lowest BCUT2D eigenvalue weighted by Gasteiger charge is -2.21. The molecule has 1 aliphatic rings. The van der Waals surface area contributed by atoms with Crippen molar-refractivity contribution in [2.45, 2.75) is 26.7 Å². The number of carbonyl (C=O) groups is 1. The highest BCUT2D eigenvalue weighted by Gasteiger charge is 2.18. The quantitative estimate of drug-likeness (QED) is 0.908. The Bertz CT molecular complexity index is 661. The molecule has 2 aromatic rings. The molecular formula is C14H19N5O2. The van der Waals surface area contributed by atoms with E-state index in [1.165, 1.54) is 0 Å². The van der Waals surface area contributed by atoms with E-state index in [1.54, 1.807) is 4.52 Å². The molecule has 21 heavy (non-hydrogen) atoms. The van der Waals surface area contributed by atoms with Crippen LogP contribution in [0.2, 0.25) is 0 Å². The summed E-state index contributed by atoms with van der Waals surface area (Å²) in [5.41, 5.74) is 1.77. The van der Waals surface area contributed by atoms with Gasteiger partial charge in [-0.15, -0.1) is 5.10 Å². The molecule has 3 heterocycles. The minimum absolute atomic E-state index is 0.160. The summed E-state index contributed by atoms with van der Waals surface area (Å²) in [4.78, 5) is 20.6. The number of nitrogens with one attached hydrogen (secondary N) is 1. The van der Waals surface area contributed by atoms with Crippen molar-refractivity contribution >= 4 is 11.7 Å². The minimum Gasteiger partial charge on any atom is -0.381 e. The average molecular weight is 289 g/mol.